The van der Waals surface area contributed by atoms with E-state index in [1.807, 2.05) is 32.0 Å². The molecular formula is C22H23N7O2. The number of nitrogens with zero attached hydrogens (tertiary/aromatic N) is 2. The SMILES string of the molecule is CCN/C=C(\C=N)NC(=O)C(=O)Nc1cc2cc(-c3cnccc3C)cc(N)c2cn1. The highest BCUT2D eigenvalue weighted by molar-refractivity contribution is 6.40. The number of allylic oxidation sites excluding steroid dienone is 1. The molecule has 0 saturated carbocycles. The number of amides is 2. The standard InChI is InChI=1S/C22H23N7O2/c1-3-25-10-16(9-23)28-21(30)22(31)29-20-8-15-6-14(7-19(24)18(15)12-27-20)17-11-26-5-4-13(17)2/h4-12,23,25H,3,24H2,1-2H3,(H,28,30)(H,27,29,31)/b16-10+,23-9?. The number of hydrogen-bond donors (Lipinski definition) is 5. The van der Waals surface area contributed by atoms with Crippen LogP contribution in [0, 0.1) is 12.3 Å². The number of pyridine rings is 2. The van der Waals surface area contributed by atoms with Crippen LogP contribution in [0.25, 0.3) is 21.9 Å². The van der Waals surface area contributed by atoms with E-state index in [2.05, 4.69) is 25.9 Å². The van der Waals surface area contributed by atoms with E-state index in [4.69, 9.17) is 11.1 Å². The molecule has 9 heteroatoms. The fraction of sp³-hybridized carbons (Fsp3) is 0.136. The minimum atomic E-state index is -0.909. The van der Waals surface area contributed by atoms with Crippen LogP contribution in [0.2, 0.25) is 0 Å². The Morgan fingerprint density at radius 2 is 2.00 bits per heavy atom. The summed E-state index contributed by atoms with van der Waals surface area (Å²) in [4.78, 5) is 32.7. The first-order chi connectivity index (χ1) is 14.9. The Kier molecular flexibility index (Phi) is 6.56. The van der Waals surface area contributed by atoms with Crippen molar-refractivity contribution < 1.29 is 9.59 Å². The van der Waals surface area contributed by atoms with Crippen molar-refractivity contribution in [3.63, 3.8) is 0 Å². The predicted molar refractivity (Wildman–Crippen MR) is 121 cm³/mol. The van der Waals surface area contributed by atoms with E-state index < -0.39 is 11.8 Å². The van der Waals surface area contributed by atoms with E-state index in [0.29, 0.717) is 12.2 Å². The highest BCUT2D eigenvalue weighted by Gasteiger charge is 2.16. The van der Waals surface area contributed by atoms with Gasteiger partial charge >= 0.3 is 11.8 Å². The molecule has 0 radical (unpaired) electrons. The fourth-order valence-corrected chi connectivity index (χ4v) is 2.96. The Bertz CT molecular complexity index is 1190. The van der Waals surface area contributed by atoms with Gasteiger partial charge in [0.15, 0.2) is 0 Å². The number of aryl methyl sites for hydroxylation is 1. The molecule has 3 rings (SSSR count). The van der Waals surface area contributed by atoms with Gasteiger partial charge in [0.1, 0.15) is 5.82 Å². The molecule has 2 heterocycles. The summed E-state index contributed by atoms with van der Waals surface area (Å²) in [6, 6.07) is 7.35. The fourth-order valence-electron chi connectivity index (χ4n) is 2.96. The summed E-state index contributed by atoms with van der Waals surface area (Å²) in [7, 11) is 0. The Balaban J connectivity index is 1.85. The van der Waals surface area contributed by atoms with Crippen LogP contribution in [0.15, 0.2) is 54.8 Å². The van der Waals surface area contributed by atoms with E-state index >= 15 is 0 Å². The van der Waals surface area contributed by atoms with Crippen LogP contribution < -0.4 is 21.7 Å². The van der Waals surface area contributed by atoms with Crippen LogP contribution in [0.1, 0.15) is 12.5 Å². The summed E-state index contributed by atoms with van der Waals surface area (Å²) in [5.41, 5.74) is 9.81. The van der Waals surface area contributed by atoms with Crippen molar-refractivity contribution >= 4 is 40.3 Å². The molecule has 2 amide bonds. The number of rotatable bonds is 6. The maximum atomic E-state index is 12.3. The maximum Gasteiger partial charge on any atom is 0.315 e. The first kappa shape index (κ1) is 21.4. The first-order valence-electron chi connectivity index (χ1n) is 9.59. The maximum absolute atomic E-state index is 12.3. The molecule has 1 aromatic carbocycles. The third-order valence-electron chi connectivity index (χ3n) is 4.54. The van der Waals surface area contributed by atoms with Gasteiger partial charge in [-0.3, -0.25) is 14.6 Å². The average molecular weight is 417 g/mol. The normalized spacial score (nSPS) is 11.1. The lowest BCUT2D eigenvalue weighted by atomic mass is 9.99. The average Bonchev–Trinajstić information content (AvgIpc) is 2.76. The van der Waals surface area contributed by atoms with Crippen molar-refractivity contribution in [2.24, 2.45) is 0 Å². The number of carbonyl (C=O) groups excluding carboxylic acids is 2. The van der Waals surface area contributed by atoms with Crippen molar-refractivity contribution in [1.82, 2.24) is 20.6 Å². The molecule has 0 spiro atoms. The van der Waals surface area contributed by atoms with Crippen LogP contribution in [-0.2, 0) is 9.59 Å². The van der Waals surface area contributed by atoms with E-state index in [1.54, 1.807) is 24.7 Å². The Hall–Kier alpha value is -4.27. The zero-order chi connectivity index (χ0) is 22.4. The molecule has 0 bridgehead atoms. The highest BCUT2D eigenvalue weighted by Crippen LogP contribution is 2.31. The van der Waals surface area contributed by atoms with Gasteiger partial charge in [-0.1, -0.05) is 0 Å². The summed E-state index contributed by atoms with van der Waals surface area (Å²) < 4.78 is 0. The monoisotopic (exact) mass is 417 g/mol. The van der Waals surface area contributed by atoms with Gasteiger partial charge in [0.2, 0.25) is 0 Å². The van der Waals surface area contributed by atoms with Gasteiger partial charge in [-0.05, 0) is 54.6 Å². The van der Waals surface area contributed by atoms with Crippen LogP contribution in [0.3, 0.4) is 0 Å². The number of nitrogens with two attached hydrogens (primary N) is 1. The van der Waals surface area contributed by atoms with E-state index in [9.17, 15) is 9.59 Å². The zero-order valence-corrected chi connectivity index (χ0v) is 17.2. The number of anilines is 2. The number of aromatic nitrogens is 2. The van der Waals surface area contributed by atoms with Crippen LogP contribution in [0.4, 0.5) is 11.5 Å². The van der Waals surface area contributed by atoms with Crippen molar-refractivity contribution in [1.29, 1.82) is 5.41 Å². The summed E-state index contributed by atoms with van der Waals surface area (Å²) in [5.74, 6) is -1.60. The minimum absolute atomic E-state index is 0.165. The first-order valence-corrected chi connectivity index (χ1v) is 9.59. The summed E-state index contributed by atoms with van der Waals surface area (Å²) >= 11 is 0. The summed E-state index contributed by atoms with van der Waals surface area (Å²) in [5, 5.41) is 16.5. The lowest BCUT2D eigenvalue weighted by Gasteiger charge is -2.11. The zero-order valence-electron chi connectivity index (χ0n) is 17.2. The Labute approximate surface area is 179 Å². The lowest BCUT2D eigenvalue weighted by molar-refractivity contribution is -0.135. The second-order valence-corrected chi connectivity index (χ2v) is 6.76. The number of hydrogen-bond acceptors (Lipinski definition) is 7. The van der Waals surface area contributed by atoms with Crippen molar-refractivity contribution in [2.45, 2.75) is 13.8 Å². The number of carbonyl (C=O) groups is 2. The summed E-state index contributed by atoms with van der Waals surface area (Å²) in [6.45, 7) is 4.47. The smallest absolute Gasteiger partial charge is 0.315 e. The van der Waals surface area contributed by atoms with Crippen LogP contribution in [-0.4, -0.2) is 34.5 Å². The van der Waals surface area contributed by atoms with Crippen LogP contribution in [0.5, 0.6) is 0 Å². The molecule has 0 aliphatic heterocycles. The largest absolute Gasteiger partial charge is 0.398 e. The molecule has 0 aliphatic carbocycles. The topological polar surface area (TPSA) is 146 Å². The van der Waals surface area contributed by atoms with Gasteiger partial charge in [0.25, 0.3) is 0 Å². The van der Waals surface area contributed by atoms with Crippen LogP contribution >= 0.6 is 0 Å². The van der Waals surface area contributed by atoms with Gasteiger partial charge in [0, 0.05) is 54.2 Å². The third kappa shape index (κ3) is 5.02. The molecular weight excluding hydrogens is 394 g/mol. The van der Waals surface area contributed by atoms with Gasteiger partial charge in [-0.15, -0.1) is 0 Å². The van der Waals surface area contributed by atoms with E-state index in [0.717, 1.165) is 33.7 Å². The number of nitrogens with one attached hydrogen (secondary N) is 4. The quantitative estimate of drug-likeness (QED) is 0.236. The Morgan fingerprint density at radius 1 is 1.19 bits per heavy atom. The Morgan fingerprint density at radius 3 is 2.71 bits per heavy atom. The lowest BCUT2D eigenvalue weighted by Crippen LogP contribution is -2.36. The number of nitrogen functional groups attached to an aromatic ring is 1. The van der Waals surface area contributed by atoms with Crippen molar-refractivity contribution in [2.75, 3.05) is 17.6 Å². The molecule has 0 saturated heterocycles. The van der Waals surface area contributed by atoms with E-state index in [1.165, 1.54) is 6.20 Å². The number of fused-ring (bicyclic) bond motifs is 1. The summed E-state index contributed by atoms with van der Waals surface area (Å²) in [6.07, 6.45) is 7.42. The minimum Gasteiger partial charge on any atom is -0.398 e. The third-order valence-corrected chi connectivity index (χ3v) is 4.54. The molecule has 0 unspecified atom stereocenters. The molecule has 31 heavy (non-hydrogen) atoms. The second kappa shape index (κ2) is 9.49. The van der Waals surface area contributed by atoms with Gasteiger partial charge < -0.3 is 27.1 Å². The van der Waals surface area contributed by atoms with Gasteiger partial charge in [-0.25, -0.2) is 4.98 Å². The molecule has 0 fully saturated rings. The molecule has 3 aromatic rings. The second-order valence-electron chi connectivity index (χ2n) is 6.76. The van der Waals surface area contributed by atoms with Crippen molar-refractivity contribution in [3.8, 4) is 11.1 Å². The van der Waals surface area contributed by atoms with E-state index in [-0.39, 0.29) is 11.5 Å². The number of benzene rings is 1. The molecule has 6 N–H and O–H groups in total. The van der Waals surface area contributed by atoms with Crippen molar-refractivity contribution in [3.05, 3.63) is 60.3 Å². The predicted octanol–water partition coefficient (Wildman–Crippen LogP) is 2.34. The molecule has 0 aliphatic rings. The molecule has 0 atom stereocenters. The highest BCUT2D eigenvalue weighted by atomic mass is 16.2. The molecule has 158 valence electrons. The molecule has 9 nitrogen and oxygen atoms in total. The molecule has 2 aromatic heterocycles. The van der Waals surface area contributed by atoms with Gasteiger partial charge in [0.05, 0.1) is 5.70 Å². The van der Waals surface area contributed by atoms with Gasteiger partial charge in [-0.2, -0.15) is 0 Å².